The normalized spacial score (nSPS) is 11.3. The third-order valence-electron chi connectivity index (χ3n) is 5.58. The Labute approximate surface area is 252 Å². The first-order valence-electron chi connectivity index (χ1n) is 12.2. The summed E-state index contributed by atoms with van der Waals surface area (Å²) >= 11 is 2.16. The van der Waals surface area contributed by atoms with Crippen LogP contribution < -0.4 is 24.8 Å². The Morgan fingerprint density at radius 3 is 1.55 bits per heavy atom. The molecule has 195 valence electrons. The molecule has 0 spiro atoms. The van der Waals surface area contributed by atoms with Crippen molar-refractivity contribution in [2.45, 2.75) is 27.2 Å². The molecule has 38 heavy (non-hydrogen) atoms. The van der Waals surface area contributed by atoms with Gasteiger partial charge in [0.2, 0.25) is 0 Å². The van der Waals surface area contributed by atoms with Gasteiger partial charge in [-0.2, -0.15) is 6.08 Å². The van der Waals surface area contributed by atoms with Crippen molar-refractivity contribution in [3.05, 3.63) is 150 Å². The molecule has 0 aliphatic heterocycles. The van der Waals surface area contributed by atoms with Crippen molar-refractivity contribution < 1.29 is 49.9 Å². The van der Waals surface area contributed by atoms with Crippen LogP contribution in [0.25, 0.3) is 11.1 Å². The molecule has 1 N–H and O–H groups in total. The second-order valence-corrected chi connectivity index (χ2v) is 10.3. The monoisotopic (exact) mass is 575 g/mol. The van der Waals surface area contributed by atoms with Gasteiger partial charge in [0, 0.05) is 0 Å². The molecule has 0 fully saturated rings. The van der Waals surface area contributed by atoms with E-state index in [9.17, 15) is 5.11 Å². The van der Waals surface area contributed by atoms with Crippen LogP contribution in [0.3, 0.4) is 0 Å². The van der Waals surface area contributed by atoms with Gasteiger partial charge < -0.3 is 29.9 Å². The van der Waals surface area contributed by atoms with Crippen molar-refractivity contribution in [1.82, 2.24) is 0 Å². The quantitative estimate of drug-likeness (QED) is 0.294. The van der Waals surface area contributed by atoms with E-state index in [4.69, 9.17) is 0 Å². The molecule has 0 radical (unpaired) electrons. The number of phenolic OH excluding ortho intramolecular Hbond substituents is 1. The minimum atomic E-state index is 0. The second kappa shape index (κ2) is 17.0. The van der Waals surface area contributed by atoms with Crippen molar-refractivity contribution in [3.8, 4) is 16.9 Å². The Hall–Kier alpha value is -2.68. The van der Waals surface area contributed by atoms with Crippen LogP contribution in [0.1, 0.15) is 38.3 Å². The van der Waals surface area contributed by atoms with E-state index >= 15 is 0 Å². The fraction of sp³-hybridized carbons (Fsp3) is 0.147. The van der Waals surface area contributed by atoms with Crippen LogP contribution in [0.2, 0.25) is 0 Å². The van der Waals surface area contributed by atoms with Crippen LogP contribution in [0.15, 0.2) is 133 Å². The van der Waals surface area contributed by atoms with Crippen LogP contribution in [0.4, 0.5) is 0 Å². The molecule has 1 aliphatic rings. The van der Waals surface area contributed by atoms with Gasteiger partial charge >= 0.3 is 95.6 Å². The van der Waals surface area contributed by atoms with E-state index in [1.165, 1.54) is 20.5 Å². The molecule has 4 heteroatoms. The number of allylic oxidation sites excluding steroid dienone is 4. The molecular formula is C34H33Cl2OTi-2. The van der Waals surface area contributed by atoms with Crippen LogP contribution in [0, 0.1) is 11.5 Å². The number of aromatic hydroxyl groups is 1. The molecule has 5 rings (SSSR count). The molecule has 0 aromatic heterocycles. The van der Waals surface area contributed by atoms with E-state index < -0.39 is 0 Å². The first-order valence-corrected chi connectivity index (χ1v) is 12.9. The summed E-state index contributed by atoms with van der Waals surface area (Å²) in [4.78, 5) is 0. The molecule has 0 bridgehead atoms. The van der Waals surface area contributed by atoms with Crippen LogP contribution in [-0.4, -0.2) is 8.92 Å². The number of halogens is 2. The van der Waals surface area contributed by atoms with Crippen LogP contribution in [-0.2, 0) is 20.0 Å². The van der Waals surface area contributed by atoms with Gasteiger partial charge in [0.25, 0.3) is 0 Å². The van der Waals surface area contributed by atoms with Gasteiger partial charge in [-0.15, -0.1) is 6.42 Å². The Balaban J connectivity index is 0.000000284. The molecule has 0 heterocycles. The number of rotatable bonds is 3. The molecule has 0 amide bonds. The zero-order chi connectivity index (χ0) is 25.8. The minimum absolute atomic E-state index is 0. The van der Waals surface area contributed by atoms with Crippen molar-refractivity contribution in [3.63, 3.8) is 0 Å². The zero-order valence-electron chi connectivity index (χ0n) is 22.0. The molecule has 4 aromatic carbocycles. The van der Waals surface area contributed by atoms with E-state index in [-0.39, 0.29) is 24.8 Å². The van der Waals surface area contributed by atoms with Crippen LogP contribution in [0.5, 0.6) is 5.75 Å². The zero-order valence-corrected chi connectivity index (χ0v) is 25.1. The van der Waals surface area contributed by atoms with E-state index in [1.54, 1.807) is 12.1 Å². The maximum absolute atomic E-state index is 9.27. The molecule has 0 atom stereocenters. The molecular weight excluding hydrogens is 543 g/mol. The van der Waals surface area contributed by atoms with Crippen molar-refractivity contribution in [2.75, 3.05) is 0 Å². The Morgan fingerprint density at radius 2 is 1.16 bits per heavy atom. The first-order chi connectivity index (χ1) is 17.3. The predicted octanol–water partition coefficient (Wildman–Crippen LogP) is 2.59. The van der Waals surface area contributed by atoms with E-state index in [1.807, 2.05) is 54.6 Å². The second-order valence-electron chi connectivity index (χ2n) is 9.47. The molecule has 1 aliphatic carbocycles. The molecule has 0 unspecified atom stereocenters. The third-order valence-corrected chi connectivity index (χ3v) is 6.48. The molecule has 0 saturated heterocycles. The van der Waals surface area contributed by atoms with Gasteiger partial charge in [-0.1, -0.05) is 63.2 Å². The summed E-state index contributed by atoms with van der Waals surface area (Å²) < 4.78 is 1.33. The molecule has 4 aromatic rings. The average molecular weight is 576 g/mol. The number of benzene rings is 4. The van der Waals surface area contributed by atoms with Gasteiger partial charge in [-0.25, -0.2) is 11.6 Å². The number of hydrogen-bond acceptors (Lipinski definition) is 1. The fourth-order valence-corrected chi connectivity index (χ4v) is 4.13. The topological polar surface area (TPSA) is 20.2 Å². The third kappa shape index (κ3) is 11.0. The van der Waals surface area contributed by atoms with Crippen LogP contribution >= 0.6 is 0 Å². The standard InChI is InChI=1S/C13H10.C12H10O.C9H13.2ClH.Ti/c1-3-7-12(8-4-1)11-13-9-5-2-6-10-13;13-12-8-4-7-11(9-12)10-5-2-1-3-6-10;1-9(2,3)8-6-4-5-7-8;;;/h1-10H;1-9,13H;4,6H,5H2,1-3H3;2*1H;/q;;-1;;;+1/p-2. The van der Waals surface area contributed by atoms with E-state index in [2.05, 4.69) is 108 Å². The first kappa shape index (κ1) is 33.4. The SMILES string of the molecule is CC(C)(C)C1=[C-]CC=C1.Oc1cccc(-c2ccccc2)c1.[Cl-].[Cl-].[Ti+]=[C](c1ccccc1)c1ccccc1. The summed E-state index contributed by atoms with van der Waals surface area (Å²) in [5, 5.41) is 9.27. The average Bonchev–Trinajstić information content (AvgIpc) is 3.47. The van der Waals surface area contributed by atoms with E-state index in [0.717, 1.165) is 17.5 Å². The summed E-state index contributed by atoms with van der Waals surface area (Å²) in [6.45, 7) is 6.64. The van der Waals surface area contributed by atoms with Gasteiger partial charge in [-0.3, -0.25) is 6.08 Å². The van der Waals surface area contributed by atoms with Gasteiger partial charge in [0.15, 0.2) is 0 Å². The Morgan fingerprint density at radius 1 is 0.684 bits per heavy atom. The fourth-order valence-electron chi connectivity index (χ4n) is 3.61. The molecule has 0 saturated carbocycles. The summed E-state index contributed by atoms with van der Waals surface area (Å²) in [6, 6.07) is 38.2. The number of phenols is 1. The Bertz CT molecular complexity index is 1250. The Kier molecular flexibility index (Phi) is 14.9. The summed E-state index contributed by atoms with van der Waals surface area (Å²) in [6.07, 6.45) is 8.63. The summed E-state index contributed by atoms with van der Waals surface area (Å²) in [5.41, 5.74) is 6.39. The van der Waals surface area contributed by atoms with Crippen molar-refractivity contribution in [2.24, 2.45) is 5.41 Å². The molecule has 1 nitrogen and oxygen atoms in total. The summed E-state index contributed by atoms with van der Waals surface area (Å²) in [5.74, 6) is 0.307. The van der Waals surface area contributed by atoms with Crippen molar-refractivity contribution in [1.29, 1.82) is 0 Å². The maximum atomic E-state index is 9.27. The van der Waals surface area contributed by atoms with Gasteiger partial charge in [0.1, 0.15) is 5.75 Å². The number of hydrogen-bond donors (Lipinski definition) is 1. The van der Waals surface area contributed by atoms with E-state index in [0.29, 0.717) is 11.2 Å². The van der Waals surface area contributed by atoms with Gasteiger partial charge in [-0.05, 0) is 28.7 Å². The summed E-state index contributed by atoms with van der Waals surface area (Å²) in [7, 11) is 0. The predicted molar refractivity (Wildman–Crippen MR) is 150 cm³/mol. The van der Waals surface area contributed by atoms with Gasteiger partial charge in [0.05, 0.1) is 0 Å². The van der Waals surface area contributed by atoms with Crippen molar-refractivity contribution >= 4 is 3.81 Å².